The first-order chi connectivity index (χ1) is 12.4. The number of hydrogen-bond acceptors (Lipinski definition) is 6. The minimum absolute atomic E-state index is 0.253. The Morgan fingerprint density at radius 1 is 0.960 bits per heavy atom. The van der Waals surface area contributed by atoms with E-state index in [2.05, 4.69) is 24.8 Å². The first kappa shape index (κ1) is 15.5. The normalized spacial score (nSPS) is 24.9. The zero-order chi connectivity index (χ0) is 16.6. The second-order valence-electron chi connectivity index (χ2n) is 7.74. The lowest BCUT2D eigenvalue weighted by Crippen LogP contribution is -2.34. The first-order valence-corrected chi connectivity index (χ1v) is 9.87. The van der Waals surface area contributed by atoms with E-state index in [1.54, 1.807) is 0 Å². The number of hydrogen-bond donors (Lipinski definition) is 0. The number of nitrogens with zero attached hydrogens (tertiary/aromatic N) is 6. The van der Waals surface area contributed by atoms with E-state index >= 15 is 0 Å². The molecule has 25 heavy (non-hydrogen) atoms. The lowest BCUT2D eigenvalue weighted by Gasteiger charge is -2.33. The quantitative estimate of drug-likeness (QED) is 0.850. The van der Waals surface area contributed by atoms with Gasteiger partial charge < -0.3 is 9.09 Å². The van der Waals surface area contributed by atoms with Gasteiger partial charge in [0.1, 0.15) is 11.6 Å². The fourth-order valence-corrected chi connectivity index (χ4v) is 4.20. The van der Waals surface area contributed by atoms with Gasteiger partial charge in [0.15, 0.2) is 5.82 Å². The van der Waals surface area contributed by atoms with Crippen molar-refractivity contribution >= 4 is 0 Å². The molecular weight excluding hydrogens is 316 g/mol. The van der Waals surface area contributed by atoms with Gasteiger partial charge in [-0.25, -0.2) is 0 Å². The average molecular weight is 342 g/mol. The topological polar surface area (TPSA) is 72.9 Å². The Labute approximate surface area is 147 Å². The summed E-state index contributed by atoms with van der Waals surface area (Å²) in [6.07, 6.45) is 10.8. The van der Waals surface area contributed by atoms with E-state index in [-0.39, 0.29) is 6.04 Å². The highest BCUT2D eigenvalue weighted by atomic mass is 16.5. The molecule has 0 N–H and O–H groups in total. The van der Waals surface area contributed by atoms with Gasteiger partial charge in [0.2, 0.25) is 5.89 Å². The molecule has 0 radical (unpaired) electrons. The van der Waals surface area contributed by atoms with Crippen molar-refractivity contribution in [2.24, 2.45) is 0 Å². The summed E-state index contributed by atoms with van der Waals surface area (Å²) in [5.74, 6) is 4.51. The van der Waals surface area contributed by atoms with Crippen molar-refractivity contribution in [1.29, 1.82) is 0 Å². The van der Waals surface area contributed by atoms with Crippen LogP contribution in [0.25, 0.3) is 0 Å². The number of piperidine rings is 1. The Bertz CT molecular complexity index is 734. The lowest BCUT2D eigenvalue weighted by atomic mass is 10.0. The van der Waals surface area contributed by atoms with E-state index in [1.165, 1.54) is 44.9 Å². The molecule has 0 aromatic carbocycles. The minimum atomic E-state index is 0.253. The molecule has 1 saturated heterocycles. The summed E-state index contributed by atoms with van der Waals surface area (Å²) in [6.45, 7) is 2.97. The number of aryl methyl sites for hydroxylation is 1. The predicted octanol–water partition coefficient (Wildman–Crippen LogP) is 2.99. The van der Waals surface area contributed by atoms with Gasteiger partial charge in [-0.2, -0.15) is 4.98 Å². The Kier molecular flexibility index (Phi) is 4.04. The molecule has 134 valence electrons. The van der Waals surface area contributed by atoms with Crippen LogP contribution in [0, 0.1) is 0 Å². The number of aromatic nitrogens is 5. The molecule has 1 aliphatic carbocycles. The van der Waals surface area contributed by atoms with Crippen molar-refractivity contribution in [3.8, 4) is 0 Å². The van der Waals surface area contributed by atoms with Crippen LogP contribution in [0.1, 0.15) is 86.7 Å². The van der Waals surface area contributed by atoms with Crippen molar-refractivity contribution in [1.82, 2.24) is 29.8 Å². The smallest absolute Gasteiger partial charge is 0.229 e. The Morgan fingerprint density at radius 2 is 1.88 bits per heavy atom. The monoisotopic (exact) mass is 342 g/mol. The molecule has 7 heteroatoms. The standard InChI is InChI=1S/C18H26N6O/c1-2-7-15-20-21-16(24(15)11-4-1)12-23-10-5-3-6-14(23)17-19-18(25-22-17)13-8-9-13/h13-14H,1-12H2. The van der Waals surface area contributed by atoms with Crippen LogP contribution in [-0.4, -0.2) is 36.3 Å². The molecule has 5 rings (SSSR count). The van der Waals surface area contributed by atoms with Crippen LogP contribution in [0.2, 0.25) is 0 Å². The van der Waals surface area contributed by atoms with Crippen LogP contribution >= 0.6 is 0 Å². The van der Waals surface area contributed by atoms with E-state index in [0.29, 0.717) is 5.92 Å². The van der Waals surface area contributed by atoms with Gasteiger partial charge in [0, 0.05) is 18.9 Å². The van der Waals surface area contributed by atoms with E-state index in [9.17, 15) is 0 Å². The highest BCUT2D eigenvalue weighted by Gasteiger charge is 2.33. The SMILES string of the molecule is C1CCc2nnc(CN3CCCCC3c3noc(C4CC4)n3)n2CC1. The molecule has 2 fully saturated rings. The molecule has 4 heterocycles. The maximum absolute atomic E-state index is 5.51. The molecule has 1 saturated carbocycles. The fraction of sp³-hybridized carbons (Fsp3) is 0.778. The molecule has 1 atom stereocenters. The van der Waals surface area contributed by atoms with Gasteiger partial charge in [0.05, 0.1) is 12.6 Å². The van der Waals surface area contributed by atoms with Gasteiger partial charge in [0.25, 0.3) is 0 Å². The molecule has 0 bridgehead atoms. The largest absolute Gasteiger partial charge is 0.339 e. The summed E-state index contributed by atoms with van der Waals surface area (Å²) in [4.78, 5) is 7.20. The van der Waals surface area contributed by atoms with Crippen LogP contribution in [0.4, 0.5) is 0 Å². The van der Waals surface area contributed by atoms with Crippen molar-refractivity contribution in [3.63, 3.8) is 0 Å². The van der Waals surface area contributed by atoms with E-state index < -0.39 is 0 Å². The first-order valence-electron chi connectivity index (χ1n) is 9.87. The van der Waals surface area contributed by atoms with Gasteiger partial charge in [-0.15, -0.1) is 10.2 Å². The second-order valence-corrected chi connectivity index (χ2v) is 7.74. The molecule has 7 nitrogen and oxygen atoms in total. The highest BCUT2D eigenvalue weighted by Crippen LogP contribution is 2.40. The zero-order valence-corrected chi connectivity index (χ0v) is 14.7. The molecule has 1 unspecified atom stereocenters. The molecule has 2 aromatic rings. The maximum atomic E-state index is 5.51. The Balaban J connectivity index is 1.36. The highest BCUT2D eigenvalue weighted by molar-refractivity contribution is 5.06. The number of likely N-dealkylation sites (tertiary alicyclic amines) is 1. The Hall–Kier alpha value is -1.76. The summed E-state index contributed by atoms with van der Waals surface area (Å²) < 4.78 is 7.86. The van der Waals surface area contributed by atoms with Gasteiger partial charge in [-0.1, -0.05) is 18.0 Å². The van der Waals surface area contributed by atoms with Crippen molar-refractivity contribution < 1.29 is 4.52 Å². The van der Waals surface area contributed by atoms with Crippen LogP contribution < -0.4 is 0 Å². The lowest BCUT2D eigenvalue weighted by molar-refractivity contribution is 0.126. The summed E-state index contributed by atoms with van der Waals surface area (Å²) in [5, 5.41) is 13.3. The van der Waals surface area contributed by atoms with Crippen molar-refractivity contribution in [2.75, 3.05) is 6.54 Å². The molecular formula is C18H26N6O. The third-order valence-electron chi connectivity index (χ3n) is 5.83. The summed E-state index contributed by atoms with van der Waals surface area (Å²) in [6, 6.07) is 0.253. The number of fused-ring (bicyclic) bond motifs is 1. The summed E-state index contributed by atoms with van der Waals surface area (Å²) in [7, 11) is 0. The molecule has 2 aliphatic heterocycles. The van der Waals surface area contributed by atoms with Crippen LogP contribution in [0.3, 0.4) is 0 Å². The third kappa shape index (κ3) is 3.10. The van der Waals surface area contributed by atoms with E-state index in [1.807, 2.05) is 0 Å². The minimum Gasteiger partial charge on any atom is -0.339 e. The van der Waals surface area contributed by atoms with E-state index in [0.717, 1.165) is 55.8 Å². The Morgan fingerprint density at radius 3 is 2.80 bits per heavy atom. The second kappa shape index (κ2) is 6.52. The van der Waals surface area contributed by atoms with Gasteiger partial charge in [-0.3, -0.25) is 4.90 Å². The third-order valence-corrected chi connectivity index (χ3v) is 5.83. The van der Waals surface area contributed by atoms with Crippen LogP contribution in [0.15, 0.2) is 4.52 Å². The van der Waals surface area contributed by atoms with Crippen LogP contribution in [0.5, 0.6) is 0 Å². The van der Waals surface area contributed by atoms with Gasteiger partial charge in [-0.05, 0) is 45.1 Å². The van der Waals surface area contributed by atoms with Gasteiger partial charge >= 0.3 is 0 Å². The summed E-state index contributed by atoms with van der Waals surface area (Å²) >= 11 is 0. The molecule has 3 aliphatic rings. The zero-order valence-electron chi connectivity index (χ0n) is 14.7. The average Bonchev–Trinajstić information content (AvgIpc) is 3.33. The number of rotatable bonds is 4. The predicted molar refractivity (Wildman–Crippen MR) is 90.9 cm³/mol. The van der Waals surface area contributed by atoms with Crippen LogP contribution in [-0.2, 0) is 19.5 Å². The maximum Gasteiger partial charge on any atom is 0.229 e. The van der Waals surface area contributed by atoms with Crippen molar-refractivity contribution in [3.05, 3.63) is 23.4 Å². The van der Waals surface area contributed by atoms with Crippen molar-refractivity contribution in [2.45, 2.75) is 82.8 Å². The molecule has 0 spiro atoms. The molecule has 0 amide bonds. The summed E-state index contributed by atoms with van der Waals surface area (Å²) in [5.41, 5.74) is 0. The van der Waals surface area contributed by atoms with E-state index in [4.69, 9.17) is 9.51 Å². The molecule has 2 aromatic heterocycles. The fourth-order valence-electron chi connectivity index (χ4n) is 4.20.